The van der Waals surface area contributed by atoms with Crippen molar-refractivity contribution in [2.75, 3.05) is 7.11 Å². The lowest BCUT2D eigenvalue weighted by atomic mass is 10.1. The Hall–Kier alpha value is -1.68. The third kappa shape index (κ3) is 13.1. The van der Waals surface area contributed by atoms with Crippen LogP contribution in [0.3, 0.4) is 0 Å². The average Bonchev–Trinajstić information content (AvgIpc) is 2.45. The monoisotopic (exact) mass is 294 g/mol. The minimum Gasteiger partial charge on any atom is -0.481 e. The number of ether oxygens (including phenoxy) is 1. The summed E-state index contributed by atoms with van der Waals surface area (Å²) in [5, 5.41) is 8.47. The first-order chi connectivity index (χ1) is 10.1. The molecule has 0 spiro atoms. The van der Waals surface area contributed by atoms with Gasteiger partial charge in [0, 0.05) is 20.0 Å². The molecule has 0 aliphatic heterocycles. The maximum Gasteiger partial charge on any atom is 0.303 e. The van der Waals surface area contributed by atoms with Crippen molar-refractivity contribution >= 4 is 11.8 Å². The number of carboxylic acids is 1. The molecule has 118 valence electrons. The molecule has 4 nitrogen and oxygen atoms in total. The first kappa shape index (κ1) is 19.3. The van der Waals surface area contributed by atoms with Crippen molar-refractivity contribution < 1.29 is 19.4 Å². The zero-order valence-electron chi connectivity index (χ0n) is 13.0. The van der Waals surface area contributed by atoms with E-state index in [2.05, 4.69) is 6.92 Å². The number of rotatable bonds is 12. The Morgan fingerprint density at radius 1 is 1.10 bits per heavy atom. The van der Waals surface area contributed by atoms with Gasteiger partial charge >= 0.3 is 5.97 Å². The molecule has 0 heterocycles. The number of ketones is 1. The van der Waals surface area contributed by atoms with Crippen molar-refractivity contribution in [3.8, 4) is 0 Å². The van der Waals surface area contributed by atoms with Crippen LogP contribution in [0.2, 0.25) is 0 Å². The van der Waals surface area contributed by atoms with Gasteiger partial charge in [0.05, 0.1) is 6.10 Å². The van der Waals surface area contributed by atoms with E-state index in [0.717, 1.165) is 12.8 Å². The van der Waals surface area contributed by atoms with Gasteiger partial charge in [0.2, 0.25) is 0 Å². The highest BCUT2D eigenvalue weighted by Gasteiger charge is 1.99. The number of hydrogen-bond donors (Lipinski definition) is 1. The average molecular weight is 294 g/mol. The van der Waals surface area contributed by atoms with Crippen LogP contribution in [0.4, 0.5) is 0 Å². The molecule has 0 fully saturated rings. The maximum atomic E-state index is 11.5. The molecule has 1 atom stereocenters. The summed E-state index contributed by atoms with van der Waals surface area (Å²) in [4.78, 5) is 21.8. The fraction of sp³-hybridized carbons (Fsp3) is 0.529. The molecule has 0 bridgehead atoms. The predicted molar refractivity (Wildman–Crippen MR) is 84.2 cm³/mol. The molecule has 21 heavy (non-hydrogen) atoms. The lowest BCUT2D eigenvalue weighted by Gasteiger charge is -2.07. The third-order valence-corrected chi connectivity index (χ3v) is 2.88. The second kappa shape index (κ2) is 13.3. The van der Waals surface area contributed by atoms with Crippen LogP contribution in [0.1, 0.15) is 45.4 Å². The molecule has 1 unspecified atom stereocenters. The highest BCUT2D eigenvalue weighted by atomic mass is 16.5. The molecule has 0 radical (unpaired) electrons. The lowest BCUT2D eigenvalue weighted by Crippen LogP contribution is -2.05. The number of carboxylic acid groups (broad SMARTS) is 1. The summed E-state index contributed by atoms with van der Waals surface area (Å²) in [7, 11) is 1.69. The summed E-state index contributed by atoms with van der Waals surface area (Å²) < 4.78 is 5.27. The van der Waals surface area contributed by atoms with E-state index >= 15 is 0 Å². The van der Waals surface area contributed by atoms with E-state index in [1.54, 1.807) is 19.3 Å². The molecule has 0 aromatic heterocycles. The summed E-state index contributed by atoms with van der Waals surface area (Å²) in [6.45, 7) is 2.11. The maximum absolute atomic E-state index is 11.5. The zero-order chi connectivity index (χ0) is 15.9. The van der Waals surface area contributed by atoms with E-state index in [0.29, 0.717) is 19.3 Å². The quantitative estimate of drug-likeness (QED) is 0.339. The van der Waals surface area contributed by atoms with Gasteiger partial charge in [-0.1, -0.05) is 43.7 Å². The van der Waals surface area contributed by atoms with Gasteiger partial charge in [-0.2, -0.15) is 0 Å². The number of carbonyl (C=O) groups excluding carboxylic acids is 1. The van der Waals surface area contributed by atoms with Crippen molar-refractivity contribution in [3.05, 3.63) is 36.5 Å². The molecule has 0 saturated carbocycles. The Morgan fingerprint density at radius 3 is 2.38 bits per heavy atom. The largest absolute Gasteiger partial charge is 0.481 e. The Labute approximate surface area is 127 Å². The summed E-state index contributed by atoms with van der Waals surface area (Å²) in [5.74, 6) is -0.792. The fourth-order valence-corrected chi connectivity index (χ4v) is 1.72. The Bertz CT molecular complexity index is 380. The lowest BCUT2D eigenvalue weighted by molar-refractivity contribution is -0.137. The minimum atomic E-state index is -0.815. The van der Waals surface area contributed by atoms with Crippen molar-refractivity contribution in [2.24, 2.45) is 0 Å². The Balaban J connectivity index is 3.87. The summed E-state index contributed by atoms with van der Waals surface area (Å²) >= 11 is 0. The smallest absolute Gasteiger partial charge is 0.303 e. The summed E-state index contributed by atoms with van der Waals surface area (Å²) in [6, 6.07) is 0. The number of methoxy groups -OCH3 is 1. The van der Waals surface area contributed by atoms with Gasteiger partial charge in [0.1, 0.15) is 0 Å². The first-order valence-corrected chi connectivity index (χ1v) is 7.39. The second-order valence-corrected chi connectivity index (χ2v) is 4.76. The molecule has 4 heteroatoms. The van der Waals surface area contributed by atoms with Gasteiger partial charge in [0.15, 0.2) is 5.78 Å². The molecule has 1 N–H and O–H groups in total. The standard InChI is InChI=1S/C17H26O4/c1-3-10-16(21-2)13-7-5-4-6-11-15(18)12-8-9-14-17(19)20/h4-7,11,13,16H,3,8-10,12,14H2,1-2H3,(H,19,20). The number of allylic oxidation sites excluding steroid dienone is 5. The number of carbonyl (C=O) groups is 2. The molecule has 0 aromatic carbocycles. The SMILES string of the molecule is CCCC(C=CC=CC=CC(=O)CCCCC(=O)O)OC. The summed E-state index contributed by atoms with van der Waals surface area (Å²) in [5.41, 5.74) is 0. The van der Waals surface area contributed by atoms with Crippen LogP contribution in [0.25, 0.3) is 0 Å². The van der Waals surface area contributed by atoms with E-state index in [9.17, 15) is 9.59 Å². The summed E-state index contributed by atoms with van der Waals surface area (Å²) in [6.07, 6.45) is 14.7. The fourth-order valence-electron chi connectivity index (χ4n) is 1.72. The topological polar surface area (TPSA) is 63.6 Å². The number of unbranched alkanes of at least 4 members (excludes halogenated alkanes) is 1. The first-order valence-electron chi connectivity index (χ1n) is 7.39. The van der Waals surface area contributed by atoms with Crippen molar-refractivity contribution in [2.45, 2.75) is 51.6 Å². The van der Waals surface area contributed by atoms with Crippen LogP contribution >= 0.6 is 0 Å². The predicted octanol–water partition coefficient (Wildman–Crippen LogP) is 3.68. The number of aliphatic carboxylic acids is 1. The highest BCUT2D eigenvalue weighted by Crippen LogP contribution is 2.03. The van der Waals surface area contributed by atoms with E-state index in [-0.39, 0.29) is 18.3 Å². The van der Waals surface area contributed by atoms with Crippen LogP contribution in [0, 0.1) is 0 Å². The van der Waals surface area contributed by atoms with Crippen LogP contribution < -0.4 is 0 Å². The minimum absolute atomic E-state index is 0.0229. The van der Waals surface area contributed by atoms with Crippen LogP contribution in [0.15, 0.2) is 36.5 Å². The van der Waals surface area contributed by atoms with Gasteiger partial charge in [-0.05, 0) is 25.3 Å². The highest BCUT2D eigenvalue weighted by molar-refractivity contribution is 5.89. The molecule has 0 amide bonds. The van der Waals surface area contributed by atoms with Gasteiger partial charge in [-0.25, -0.2) is 0 Å². The second-order valence-electron chi connectivity index (χ2n) is 4.76. The van der Waals surface area contributed by atoms with Gasteiger partial charge in [0.25, 0.3) is 0 Å². The molecular weight excluding hydrogens is 268 g/mol. The van der Waals surface area contributed by atoms with Crippen LogP contribution in [-0.4, -0.2) is 30.1 Å². The molecule has 0 aliphatic carbocycles. The Morgan fingerprint density at radius 2 is 1.76 bits per heavy atom. The van der Waals surface area contributed by atoms with Gasteiger partial charge in [-0.15, -0.1) is 0 Å². The molecule has 0 saturated heterocycles. The van der Waals surface area contributed by atoms with E-state index in [1.165, 1.54) is 6.08 Å². The molecule has 0 aliphatic rings. The third-order valence-electron chi connectivity index (χ3n) is 2.88. The number of hydrogen-bond acceptors (Lipinski definition) is 3. The Kier molecular flexibility index (Phi) is 12.2. The van der Waals surface area contributed by atoms with Crippen LogP contribution in [-0.2, 0) is 14.3 Å². The van der Waals surface area contributed by atoms with E-state index in [4.69, 9.17) is 9.84 Å². The normalized spacial score (nSPS) is 13.4. The van der Waals surface area contributed by atoms with Crippen molar-refractivity contribution in [1.29, 1.82) is 0 Å². The zero-order valence-corrected chi connectivity index (χ0v) is 13.0. The molecular formula is C17H26O4. The molecule has 0 rings (SSSR count). The van der Waals surface area contributed by atoms with Crippen molar-refractivity contribution in [1.82, 2.24) is 0 Å². The molecule has 0 aromatic rings. The van der Waals surface area contributed by atoms with E-state index < -0.39 is 5.97 Å². The van der Waals surface area contributed by atoms with Crippen molar-refractivity contribution in [3.63, 3.8) is 0 Å². The van der Waals surface area contributed by atoms with E-state index in [1.807, 2.05) is 18.2 Å². The van der Waals surface area contributed by atoms with Gasteiger partial charge in [-0.3, -0.25) is 9.59 Å². The van der Waals surface area contributed by atoms with Crippen LogP contribution in [0.5, 0.6) is 0 Å². The van der Waals surface area contributed by atoms with Gasteiger partial charge < -0.3 is 9.84 Å².